The summed E-state index contributed by atoms with van der Waals surface area (Å²) in [5.41, 5.74) is 0. The van der Waals surface area contributed by atoms with Crippen molar-refractivity contribution in [2.45, 2.75) is 12.6 Å². The van der Waals surface area contributed by atoms with E-state index in [9.17, 15) is 27.6 Å². The van der Waals surface area contributed by atoms with Crippen LogP contribution in [0.3, 0.4) is 0 Å². The minimum atomic E-state index is -5.04. The van der Waals surface area contributed by atoms with Gasteiger partial charge in [0.05, 0.1) is 13.0 Å². The third-order valence-corrected chi connectivity index (χ3v) is 1.74. The summed E-state index contributed by atoms with van der Waals surface area (Å²) in [5, 5.41) is 9.70. The van der Waals surface area contributed by atoms with Crippen LogP contribution in [0.5, 0.6) is 0 Å². The predicted molar refractivity (Wildman–Crippen MR) is 49.0 cm³/mol. The van der Waals surface area contributed by atoms with Gasteiger partial charge in [0.25, 0.3) is 0 Å². The Morgan fingerprint density at radius 1 is 1.29 bits per heavy atom. The third-order valence-electron chi connectivity index (χ3n) is 1.74. The highest BCUT2D eigenvalue weighted by Gasteiger charge is 2.38. The lowest BCUT2D eigenvalue weighted by atomic mass is 10.4. The Labute approximate surface area is 94.4 Å². The lowest BCUT2D eigenvalue weighted by molar-refractivity contribution is -0.174. The normalized spacial score (nSPS) is 10.8. The van der Waals surface area contributed by atoms with Crippen molar-refractivity contribution in [2.75, 3.05) is 20.1 Å². The van der Waals surface area contributed by atoms with Gasteiger partial charge in [0, 0.05) is 13.6 Å². The van der Waals surface area contributed by atoms with Crippen LogP contribution >= 0.6 is 0 Å². The van der Waals surface area contributed by atoms with Crippen molar-refractivity contribution in [1.29, 1.82) is 0 Å². The van der Waals surface area contributed by atoms with E-state index >= 15 is 0 Å². The van der Waals surface area contributed by atoms with Crippen LogP contribution in [0.4, 0.5) is 13.2 Å². The summed E-state index contributed by atoms with van der Waals surface area (Å²) >= 11 is 0. The Balaban J connectivity index is 4.02. The molecule has 0 unspecified atom stereocenters. The van der Waals surface area contributed by atoms with Gasteiger partial charge in [0.15, 0.2) is 0 Å². The maximum Gasteiger partial charge on any atom is 0.471 e. The van der Waals surface area contributed by atoms with Crippen LogP contribution in [0.15, 0.2) is 0 Å². The molecule has 0 fully saturated rings. The zero-order chi connectivity index (χ0) is 13.6. The Hall–Kier alpha value is -1.80. The maximum atomic E-state index is 11.7. The van der Waals surface area contributed by atoms with Crippen LogP contribution in [0, 0.1) is 0 Å². The second kappa shape index (κ2) is 6.06. The summed E-state index contributed by atoms with van der Waals surface area (Å²) in [5.74, 6) is -4.15. The van der Waals surface area contributed by atoms with E-state index in [0.717, 1.165) is 4.90 Å². The molecule has 0 atom stereocenters. The molecular formula is C8H11F3N2O4. The summed E-state index contributed by atoms with van der Waals surface area (Å²) < 4.78 is 35.2. The number of amides is 2. The van der Waals surface area contributed by atoms with Gasteiger partial charge in [-0.15, -0.1) is 0 Å². The molecule has 0 bridgehead atoms. The fraction of sp³-hybridized carbons (Fsp3) is 0.625. The first kappa shape index (κ1) is 15.2. The molecule has 0 spiro atoms. The molecule has 2 N–H and O–H groups in total. The summed E-state index contributed by atoms with van der Waals surface area (Å²) in [6.07, 6.45) is -5.37. The molecule has 6 nitrogen and oxygen atoms in total. The predicted octanol–water partition coefficient (Wildman–Crippen LogP) is -0.402. The van der Waals surface area contributed by atoms with Crippen molar-refractivity contribution in [3.63, 3.8) is 0 Å². The van der Waals surface area contributed by atoms with Gasteiger partial charge in [-0.2, -0.15) is 13.2 Å². The van der Waals surface area contributed by atoms with E-state index in [1.165, 1.54) is 12.4 Å². The van der Waals surface area contributed by atoms with Crippen LogP contribution in [-0.4, -0.2) is 54.1 Å². The Morgan fingerprint density at radius 2 is 1.82 bits per heavy atom. The standard InChI is InChI=1S/C8H11F3N2O4/c1-13(3-2-6(15)16)5(14)4-12-7(17)8(9,10)11/h2-4H2,1H3,(H,12,17)(H,15,16). The first-order valence-corrected chi connectivity index (χ1v) is 4.45. The van der Waals surface area contributed by atoms with E-state index in [4.69, 9.17) is 5.11 Å². The number of carbonyl (C=O) groups excluding carboxylic acids is 2. The second-order valence-corrected chi connectivity index (χ2v) is 3.14. The number of carboxylic acid groups (broad SMARTS) is 1. The summed E-state index contributed by atoms with van der Waals surface area (Å²) in [7, 11) is 1.23. The monoisotopic (exact) mass is 256 g/mol. The third kappa shape index (κ3) is 6.38. The number of alkyl halides is 3. The smallest absolute Gasteiger partial charge is 0.471 e. The van der Waals surface area contributed by atoms with Crippen LogP contribution in [0.25, 0.3) is 0 Å². The SMILES string of the molecule is CN(CCC(=O)O)C(=O)CNC(=O)C(F)(F)F. The summed E-state index contributed by atoms with van der Waals surface area (Å²) in [6.45, 7) is -0.968. The van der Waals surface area contributed by atoms with Crippen molar-refractivity contribution in [2.24, 2.45) is 0 Å². The fourth-order valence-electron chi connectivity index (χ4n) is 0.779. The zero-order valence-corrected chi connectivity index (χ0v) is 8.87. The quantitative estimate of drug-likeness (QED) is 0.700. The van der Waals surface area contributed by atoms with Gasteiger partial charge in [0.2, 0.25) is 5.91 Å². The first-order chi connectivity index (χ1) is 7.64. The van der Waals surface area contributed by atoms with E-state index in [2.05, 4.69) is 0 Å². The van der Waals surface area contributed by atoms with E-state index < -0.39 is 30.5 Å². The Bertz CT molecular complexity index is 316. The van der Waals surface area contributed by atoms with Gasteiger partial charge in [-0.3, -0.25) is 14.4 Å². The fourth-order valence-corrected chi connectivity index (χ4v) is 0.779. The van der Waals surface area contributed by atoms with Gasteiger partial charge < -0.3 is 15.3 Å². The minimum Gasteiger partial charge on any atom is -0.481 e. The number of carbonyl (C=O) groups is 3. The van der Waals surface area contributed by atoms with Gasteiger partial charge in [-0.05, 0) is 0 Å². The highest BCUT2D eigenvalue weighted by molar-refractivity contribution is 5.87. The molecule has 0 aliphatic carbocycles. The molecule has 0 saturated carbocycles. The molecule has 0 heterocycles. The Kier molecular flexibility index (Phi) is 5.42. The number of carboxylic acids is 1. The van der Waals surface area contributed by atoms with E-state index in [1.54, 1.807) is 0 Å². The number of aliphatic carboxylic acids is 1. The average molecular weight is 256 g/mol. The summed E-state index contributed by atoms with van der Waals surface area (Å²) in [6, 6.07) is 0. The molecule has 9 heteroatoms. The number of hydrogen-bond donors (Lipinski definition) is 2. The second-order valence-electron chi connectivity index (χ2n) is 3.14. The van der Waals surface area contributed by atoms with Crippen molar-refractivity contribution in [3.05, 3.63) is 0 Å². The minimum absolute atomic E-state index is 0.143. The molecule has 0 aliphatic heterocycles. The van der Waals surface area contributed by atoms with Crippen LogP contribution in [0.2, 0.25) is 0 Å². The molecule has 0 aromatic carbocycles. The maximum absolute atomic E-state index is 11.7. The van der Waals surface area contributed by atoms with Crippen molar-refractivity contribution in [1.82, 2.24) is 10.2 Å². The highest BCUT2D eigenvalue weighted by atomic mass is 19.4. The van der Waals surface area contributed by atoms with Gasteiger partial charge in [-0.1, -0.05) is 0 Å². The molecular weight excluding hydrogens is 245 g/mol. The number of nitrogens with one attached hydrogen (secondary N) is 1. The van der Waals surface area contributed by atoms with Gasteiger partial charge in [0.1, 0.15) is 0 Å². The van der Waals surface area contributed by atoms with Crippen LogP contribution in [0.1, 0.15) is 6.42 Å². The first-order valence-electron chi connectivity index (χ1n) is 4.45. The lowest BCUT2D eigenvalue weighted by Crippen LogP contribution is -2.43. The zero-order valence-electron chi connectivity index (χ0n) is 8.87. The van der Waals surface area contributed by atoms with Crippen molar-refractivity contribution in [3.8, 4) is 0 Å². The molecule has 0 aromatic rings. The van der Waals surface area contributed by atoms with Crippen LogP contribution < -0.4 is 5.32 Å². The molecule has 0 aliphatic rings. The van der Waals surface area contributed by atoms with Crippen molar-refractivity contribution >= 4 is 17.8 Å². The number of hydrogen-bond acceptors (Lipinski definition) is 3. The number of rotatable bonds is 5. The van der Waals surface area contributed by atoms with Gasteiger partial charge in [-0.25, -0.2) is 0 Å². The molecule has 0 saturated heterocycles. The van der Waals surface area contributed by atoms with Crippen molar-refractivity contribution < 1.29 is 32.7 Å². The molecule has 0 radical (unpaired) electrons. The topological polar surface area (TPSA) is 86.7 Å². The molecule has 98 valence electrons. The molecule has 2 amide bonds. The lowest BCUT2D eigenvalue weighted by Gasteiger charge is -2.16. The number of halogens is 3. The summed E-state index contributed by atoms with van der Waals surface area (Å²) in [4.78, 5) is 32.6. The van der Waals surface area contributed by atoms with E-state index in [1.807, 2.05) is 0 Å². The molecule has 0 rings (SSSR count). The van der Waals surface area contributed by atoms with E-state index in [0.29, 0.717) is 0 Å². The molecule has 17 heavy (non-hydrogen) atoms. The molecule has 0 aromatic heterocycles. The number of likely N-dealkylation sites (N-methyl/N-ethyl adjacent to an activating group) is 1. The Morgan fingerprint density at radius 3 is 2.24 bits per heavy atom. The largest absolute Gasteiger partial charge is 0.481 e. The van der Waals surface area contributed by atoms with Crippen LogP contribution in [-0.2, 0) is 14.4 Å². The van der Waals surface area contributed by atoms with Gasteiger partial charge >= 0.3 is 18.1 Å². The highest BCUT2D eigenvalue weighted by Crippen LogP contribution is 2.13. The average Bonchev–Trinajstić information content (AvgIpc) is 2.20. The number of nitrogens with zero attached hydrogens (tertiary/aromatic N) is 1. The van der Waals surface area contributed by atoms with E-state index in [-0.39, 0.29) is 13.0 Å².